The van der Waals surface area contributed by atoms with Gasteiger partial charge < -0.3 is 0 Å². The van der Waals surface area contributed by atoms with E-state index in [4.69, 9.17) is 11.6 Å². The topological polar surface area (TPSA) is 0 Å². The van der Waals surface area contributed by atoms with Crippen LogP contribution in [0.1, 0.15) is 5.56 Å². The molecule has 2 aromatic rings. The Labute approximate surface area is 112 Å². The molecule has 0 aliphatic heterocycles. The number of hydrogen-bond donors (Lipinski definition) is 0. The van der Waals surface area contributed by atoms with Gasteiger partial charge in [0.05, 0.1) is 0 Å². The van der Waals surface area contributed by atoms with Crippen molar-refractivity contribution in [3.63, 3.8) is 0 Å². The second-order valence-electron chi connectivity index (χ2n) is 3.59. The molecule has 2 rings (SSSR count). The van der Waals surface area contributed by atoms with Crippen molar-refractivity contribution in [1.82, 2.24) is 0 Å². The molecule has 0 unspecified atom stereocenters. The molecular weight excluding hydrogens is 281 g/mol. The molecule has 0 bridgehead atoms. The van der Waals surface area contributed by atoms with Crippen LogP contribution in [0, 0.1) is 17.5 Å². The monoisotopic (exact) mass is 288 g/mol. The van der Waals surface area contributed by atoms with E-state index < -0.39 is 17.5 Å². The Kier molecular flexibility index (Phi) is 4.19. The standard InChI is InChI=1S/C13H8ClF3S/c14-8-4-9(15)6-10(5-8)18-7-11-12(16)2-1-3-13(11)17/h1-6H,7H2. The van der Waals surface area contributed by atoms with Crippen LogP contribution in [0.3, 0.4) is 0 Å². The lowest BCUT2D eigenvalue weighted by Crippen LogP contribution is -1.92. The minimum absolute atomic E-state index is 0.0251. The maximum absolute atomic E-state index is 13.4. The summed E-state index contributed by atoms with van der Waals surface area (Å²) in [6, 6.07) is 7.69. The van der Waals surface area contributed by atoms with Crippen LogP contribution in [0.4, 0.5) is 13.2 Å². The summed E-state index contributed by atoms with van der Waals surface area (Å²) in [5, 5.41) is 0.256. The first-order chi connectivity index (χ1) is 8.56. The number of halogens is 4. The van der Waals surface area contributed by atoms with Crippen LogP contribution >= 0.6 is 23.4 Å². The fourth-order valence-corrected chi connectivity index (χ4v) is 2.72. The quantitative estimate of drug-likeness (QED) is 0.712. The zero-order chi connectivity index (χ0) is 13.1. The van der Waals surface area contributed by atoms with Crippen molar-refractivity contribution in [3.05, 3.63) is 64.4 Å². The fraction of sp³-hybridized carbons (Fsp3) is 0.0769. The fourth-order valence-electron chi connectivity index (χ4n) is 1.44. The van der Waals surface area contributed by atoms with E-state index in [1.165, 1.54) is 30.3 Å². The van der Waals surface area contributed by atoms with Crippen molar-refractivity contribution in [2.75, 3.05) is 0 Å². The van der Waals surface area contributed by atoms with E-state index in [2.05, 4.69) is 0 Å². The van der Waals surface area contributed by atoms with Crippen LogP contribution in [-0.4, -0.2) is 0 Å². The Hall–Kier alpha value is -1.13. The summed E-state index contributed by atoms with van der Waals surface area (Å²) in [6.07, 6.45) is 0. The molecule has 0 radical (unpaired) electrons. The van der Waals surface area contributed by atoms with Gasteiger partial charge in [-0.3, -0.25) is 0 Å². The molecule has 0 N–H and O–H groups in total. The average molecular weight is 289 g/mol. The number of benzene rings is 2. The Balaban J connectivity index is 2.16. The lowest BCUT2D eigenvalue weighted by molar-refractivity contribution is 0.566. The largest absolute Gasteiger partial charge is 0.207 e. The first-order valence-corrected chi connectivity index (χ1v) is 6.44. The molecule has 94 valence electrons. The number of rotatable bonds is 3. The minimum atomic E-state index is -0.606. The van der Waals surface area contributed by atoms with Crippen LogP contribution in [0.2, 0.25) is 5.02 Å². The van der Waals surface area contributed by atoms with Crippen molar-refractivity contribution in [2.45, 2.75) is 10.6 Å². The third-order valence-electron chi connectivity index (χ3n) is 2.28. The van der Waals surface area contributed by atoms with Crippen molar-refractivity contribution < 1.29 is 13.2 Å². The lowest BCUT2D eigenvalue weighted by atomic mass is 10.2. The van der Waals surface area contributed by atoms with Crippen molar-refractivity contribution in [2.24, 2.45) is 0 Å². The molecular formula is C13H8ClF3S. The summed E-state index contributed by atoms with van der Waals surface area (Å²) in [7, 11) is 0. The Morgan fingerprint density at radius 2 is 1.67 bits per heavy atom. The van der Waals surface area contributed by atoms with E-state index >= 15 is 0 Å². The molecule has 0 heterocycles. The summed E-state index contributed by atoms with van der Waals surface area (Å²) in [5.74, 6) is -1.60. The van der Waals surface area contributed by atoms with Gasteiger partial charge in [0.2, 0.25) is 0 Å². The smallest absolute Gasteiger partial charge is 0.130 e. The van der Waals surface area contributed by atoms with Gasteiger partial charge in [-0.25, -0.2) is 13.2 Å². The van der Waals surface area contributed by atoms with E-state index in [0.717, 1.165) is 11.8 Å². The summed E-state index contributed by atoms with van der Waals surface area (Å²) in [6.45, 7) is 0. The van der Waals surface area contributed by atoms with Crippen LogP contribution in [-0.2, 0) is 5.75 Å². The second kappa shape index (κ2) is 5.67. The van der Waals surface area contributed by atoms with Gasteiger partial charge in [-0.05, 0) is 30.3 Å². The van der Waals surface area contributed by atoms with Gasteiger partial charge in [-0.1, -0.05) is 17.7 Å². The second-order valence-corrected chi connectivity index (χ2v) is 5.08. The van der Waals surface area contributed by atoms with E-state index in [1.54, 1.807) is 6.07 Å². The first kappa shape index (κ1) is 13.3. The number of hydrogen-bond acceptors (Lipinski definition) is 1. The van der Waals surface area contributed by atoms with Crippen molar-refractivity contribution in [3.8, 4) is 0 Å². The normalized spacial score (nSPS) is 10.7. The molecule has 0 fully saturated rings. The summed E-state index contributed by atoms with van der Waals surface area (Å²) in [5.41, 5.74) is -0.0251. The maximum Gasteiger partial charge on any atom is 0.130 e. The highest BCUT2D eigenvalue weighted by atomic mass is 35.5. The van der Waals surface area contributed by atoms with Gasteiger partial charge in [0.1, 0.15) is 17.5 Å². The maximum atomic E-state index is 13.4. The van der Waals surface area contributed by atoms with Gasteiger partial charge in [0.15, 0.2) is 0 Å². The molecule has 0 nitrogen and oxygen atoms in total. The zero-order valence-electron chi connectivity index (χ0n) is 9.09. The predicted octanol–water partition coefficient (Wildman–Crippen LogP) is 5.05. The molecule has 0 spiro atoms. The van der Waals surface area contributed by atoms with E-state index in [-0.39, 0.29) is 16.3 Å². The molecule has 18 heavy (non-hydrogen) atoms. The molecule has 0 amide bonds. The predicted molar refractivity (Wildman–Crippen MR) is 67.3 cm³/mol. The summed E-state index contributed by atoms with van der Waals surface area (Å²) < 4.78 is 39.8. The van der Waals surface area contributed by atoms with Crippen LogP contribution in [0.25, 0.3) is 0 Å². The van der Waals surface area contributed by atoms with Gasteiger partial charge in [-0.15, -0.1) is 11.8 Å². The van der Waals surface area contributed by atoms with Crippen molar-refractivity contribution in [1.29, 1.82) is 0 Å². The molecule has 5 heteroatoms. The van der Waals surface area contributed by atoms with E-state index in [9.17, 15) is 13.2 Å². The minimum Gasteiger partial charge on any atom is -0.207 e. The van der Waals surface area contributed by atoms with Crippen LogP contribution < -0.4 is 0 Å². The van der Waals surface area contributed by atoms with Gasteiger partial charge in [0.25, 0.3) is 0 Å². The molecule has 0 atom stereocenters. The number of thioether (sulfide) groups is 1. The van der Waals surface area contributed by atoms with Gasteiger partial charge in [0, 0.05) is 21.2 Å². The van der Waals surface area contributed by atoms with Gasteiger partial charge >= 0.3 is 0 Å². The third-order valence-corrected chi connectivity index (χ3v) is 3.50. The molecule has 2 aromatic carbocycles. The Morgan fingerprint density at radius 1 is 1.00 bits per heavy atom. The summed E-state index contributed by atoms with van der Waals surface area (Å²) in [4.78, 5) is 0.530. The third kappa shape index (κ3) is 3.21. The van der Waals surface area contributed by atoms with E-state index in [0.29, 0.717) is 4.90 Å². The highest BCUT2D eigenvalue weighted by molar-refractivity contribution is 7.98. The highest BCUT2D eigenvalue weighted by Gasteiger charge is 2.09. The Morgan fingerprint density at radius 3 is 2.28 bits per heavy atom. The Bertz CT molecular complexity index is 532. The molecule has 0 saturated heterocycles. The SMILES string of the molecule is Fc1cc(Cl)cc(SCc2c(F)cccc2F)c1. The molecule has 0 saturated carbocycles. The molecule has 0 aliphatic carbocycles. The molecule has 0 aromatic heterocycles. The molecule has 0 aliphatic rings. The van der Waals surface area contributed by atoms with Gasteiger partial charge in [-0.2, -0.15) is 0 Å². The average Bonchev–Trinajstić information content (AvgIpc) is 2.27. The first-order valence-electron chi connectivity index (χ1n) is 5.08. The van der Waals surface area contributed by atoms with E-state index in [1.807, 2.05) is 0 Å². The zero-order valence-corrected chi connectivity index (χ0v) is 10.7. The van der Waals surface area contributed by atoms with Crippen molar-refractivity contribution >= 4 is 23.4 Å². The van der Waals surface area contributed by atoms with Crippen LogP contribution in [0.15, 0.2) is 41.3 Å². The highest BCUT2D eigenvalue weighted by Crippen LogP contribution is 2.28. The van der Waals surface area contributed by atoms with Crippen LogP contribution in [0.5, 0.6) is 0 Å². The summed E-state index contributed by atoms with van der Waals surface area (Å²) >= 11 is 6.82. The lowest BCUT2D eigenvalue weighted by Gasteiger charge is -2.05.